The molecule has 1 N–H and O–H groups in total. The van der Waals surface area contributed by atoms with Crippen LogP contribution in [0.3, 0.4) is 0 Å². The number of rotatable bonds is 7. The lowest BCUT2D eigenvalue weighted by molar-refractivity contribution is 0.195. The van der Waals surface area contributed by atoms with E-state index >= 15 is 0 Å². The standard InChI is InChI=1S/C13H19ClFNO/c1-10-7-13(15)4-3-11(10)8-16-6-5-12(14)9-17-2/h3-4,7,12,16H,5-6,8-9H2,1-2H3. The van der Waals surface area contributed by atoms with Crippen molar-refractivity contribution in [2.45, 2.75) is 25.3 Å². The minimum absolute atomic E-state index is 0.0433. The summed E-state index contributed by atoms with van der Waals surface area (Å²) in [7, 11) is 1.64. The van der Waals surface area contributed by atoms with Gasteiger partial charge in [-0.3, -0.25) is 0 Å². The largest absolute Gasteiger partial charge is 0.383 e. The second-order valence-corrected chi connectivity index (χ2v) is 4.71. The molecule has 0 heterocycles. The van der Waals surface area contributed by atoms with Crippen molar-refractivity contribution in [1.29, 1.82) is 0 Å². The molecule has 0 saturated heterocycles. The third-order valence-corrected chi connectivity index (χ3v) is 2.95. The van der Waals surface area contributed by atoms with E-state index in [2.05, 4.69) is 5.32 Å². The summed E-state index contributed by atoms with van der Waals surface area (Å²) in [5.41, 5.74) is 2.08. The fraction of sp³-hybridized carbons (Fsp3) is 0.538. The molecule has 4 heteroatoms. The first-order valence-corrected chi connectivity index (χ1v) is 6.16. The minimum atomic E-state index is -0.188. The Morgan fingerprint density at radius 1 is 1.47 bits per heavy atom. The van der Waals surface area contributed by atoms with Gasteiger partial charge in [0.2, 0.25) is 0 Å². The van der Waals surface area contributed by atoms with E-state index < -0.39 is 0 Å². The van der Waals surface area contributed by atoms with Gasteiger partial charge in [0.05, 0.1) is 12.0 Å². The van der Waals surface area contributed by atoms with E-state index in [1.807, 2.05) is 13.0 Å². The lowest BCUT2D eigenvalue weighted by Gasteiger charge is -2.10. The molecule has 0 bridgehead atoms. The molecule has 1 aromatic carbocycles. The molecule has 0 saturated carbocycles. The maximum Gasteiger partial charge on any atom is 0.123 e. The van der Waals surface area contributed by atoms with Gasteiger partial charge in [-0.2, -0.15) is 0 Å². The van der Waals surface area contributed by atoms with Crippen LogP contribution in [-0.2, 0) is 11.3 Å². The van der Waals surface area contributed by atoms with Crippen LogP contribution in [-0.4, -0.2) is 25.6 Å². The summed E-state index contributed by atoms with van der Waals surface area (Å²) in [6, 6.07) is 4.84. The van der Waals surface area contributed by atoms with Gasteiger partial charge in [0, 0.05) is 13.7 Å². The summed E-state index contributed by atoms with van der Waals surface area (Å²) in [5, 5.41) is 3.33. The molecule has 0 aliphatic heterocycles. The highest BCUT2D eigenvalue weighted by atomic mass is 35.5. The Morgan fingerprint density at radius 3 is 2.88 bits per heavy atom. The zero-order valence-electron chi connectivity index (χ0n) is 10.3. The maximum atomic E-state index is 12.9. The van der Waals surface area contributed by atoms with Crippen LogP contribution in [0, 0.1) is 12.7 Å². The molecule has 17 heavy (non-hydrogen) atoms. The SMILES string of the molecule is COCC(Cl)CCNCc1ccc(F)cc1C. The highest BCUT2D eigenvalue weighted by molar-refractivity contribution is 6.20. The van der Waals surface area contributed by atoms with E-state index in [4.69, 9.17) is 16.3 Å². The summed E-state index contributed by atoms with van der Waals surface area (Å²) in [6.07, 6.45) is 0.857. The van der Waals surface area contributed by atoms with Gasteiger partial charge in [0.1, 0.15) is 5.82 Å². The van der Waals surface area contributed by atoms with Crippen molar-refractivity contribution in [1.82, 2.24) is 5.32 Å². The molecule has 0 aliphatic rings. The van der Waals surface area contributed by atoms with Gasteiger partial charge in [-0.1, -0.05) is 6.07 Å². The quantitative estimate of drug-likeness (QED) is 0.601. The van der Waals surface area contributed by atoms with Crippen LogP contribution >= 0.6 is 11.6 Å². The zero-order chi connectivity index (χ0) is 12.7. The molecule has 0 spiro atoms. The average molecular weight is 260 g/mol. The van der Waals surface area contributed by atoms with E-state index in [-0.39, 0.29) is 11.2 Å². The second-order valence-electron chi connectivity index (χ2n) is 4.09. The molecule has 1 unspecified atom stereocenters. The van der Waals surface area contributed by atoms with Crippen LogP contribution in [0.15, 0.2) is 18.2 Å². The van der Waals surface area contributed by atoms with Gasteiger partial charge >= 0.3 is 0 Å². The monoisotopic (exact) mass is 259 g/mol. The Morgan fingerprint density at radius 2 is 2.24 bits per heavy atom. The first kappa shape index (κ1) is 14.4. The summed E-state index contributed by atoms with van der Waals surface area (Å²) in [4.78, 5) is 0. The highest BCUT2D eigenvalue weighted by Crippen LogP contribution is 2.09. The fourth-order valence-corrected chi connectivity index (χ4v) is 1.84. The third kappa shape index (κ3) is 5.48. The second kappa shape index (κ2) is 7.64. The summed E-state index contributed by atoms with van der Waals surface area (Å²) in [6.45, 7) is 4.05. The molecular weight excluding hydrogens is 241 g/mol. The molecular formula is C13H19ClFNO. The van der Waals surface area contributed by atoms with Gasteiger partial charge < -0.3 is 10.1 Å². The Labute approximate surface area is 107 Å². The predicted octanol–water partition coefficient (Wildman–Crippen LogP) is 2.87. The molecule has 1 rings (SSSR count). The van der Waals surface area contributed by atoms with Crippen molar-refractivity contribution >= 4 is 11.6 Å². The van der Waals surface area contributed by atoms with Gasteiger partial charge in [-0.25, -0.2) is 4.39 Å². The Bertz CT molecular complexity index is 346. The summed E-state index contributed by atoms with van der Waals surface area (Å²) in [5.74, 6) is -0.188. The van der Waals surface area contributed by atoms with Crippen LogP contribution in [0.4, 0.5) is 4.39 Å². The molecule has 1 aromatic rings. The number of alkyl halides is 1. The molecule has 0 aliphatic carbocycles. The molecule has 0 amide bonds. The predicted molar refractivity (Wildman–Crippen MR) is 69.0 cm³/mol. The van der Waals surface area contributed by atoms with Crippen molar-refractivity contribution in [3.63, 3.8) is 0 Å². The normalized spacial score (nSPS) is 12.7. The molecule has 0 aromatic heterocycles. The summed E-state index contributed by atoms with van der Waals surface area (Å²) >= 11 is 6.00. The first-order valence-electron chi connectivity index (χ1n) is 5.72. The Kier molecular flexibility index (Phi) is 6.48. The smallest absolute Gasteiger partial charge is 0.123 e. The number of halogens is 2. The van der Waals surface area contributed by atoms with Crippen LogP contribution in [0.1, 0.15) is 17.5 Å². The molecule has 1 atom stereocenters. The highest BCUT2D eigenvalue weighted by Gasteiger charge is 2.04. The average Bonchev–Trinajstić information content (AvgIpc) is 2.27. The first-order chi connectivity index (χ1) is 8.13. The third-order valence-electron chi connectivity index (χ3n) is 2.60. The van der Waals surface area contributed by atoms with E-state index in [1.165, 1.54) is 6.07 Å². The minimum Gasteiger partial charge on any atom is -0.383 e. The molecule has 96 valence electrons. The number of aryl methyl sites for hydroxylation is 1. The van der Waals surface area contributed by atoms with Gasteiger partial charge in [0.15, 0.2) is 0 Å². The summed E-state index contributed by atoms with van der Waals surface area (Å²) < 4.78 is 17.8. The topological polar surface area (TPSA) is 21.3 Å². The van der Waals surface area contributed by atoms with Crippen molar-refractivity contribution < 1.29 is 9.13 Å². The van der Waals surface area contributed by atoms with Crippen molar-refractivity contribution in [3.05, 3.63) is 35.1 Å². The van der Waals surface area contributed by atoms with Gasteiger partial charge in [-0.15, -0.1) is 11.6 Å². The lowest BCUT2D eigenvalue weighted by atomic mass is 10.1. The molecule has 0 radical (unpaired) electrons. The van der Waals surface area contributed by atoms with Crippen LogP contribution in [0.25, 0.3) is 0 Å². The number of benzene rings is 1. The molecule has 2 nitrogen and oxygen atoms in total. The lowest BCUT2D eigenvalue weighted by Crippen LogP contribution is -2.20. The zero-order valence-corrected chi connectivity index (χ0v) is 11.1. The number of nitrogens with one attached hydrogen (secondary N) is 1. The van der Waals surface area contributed by atoms with Crippen molar-refractivity contribution in [2.24, 2.45) is 0 Å². The Balaban J connectivity index is 2.26. The van der Waals surface area contributed by atoms with Crippen molar-refractivity contribution in [2.75, 3.05) is 20.3 Å². The number of methoxy groups -OCH3 is 1. The van der Waals surface area contributed by atoms with Gasteiger partial charge in [0.25, 0.3) is 0 Å². The fourth-order valence-electron chi connectivity index (χ4n) is 1.60. The van der Waals surface area contributed by atoms with Crippen LogP contribution in [0.2, 0.25) is 0 Å². The maximum absolute atomic E-state index is 12.9. The number of ether oxygens (including phenoxy) is 1. The van der Waals surface area contributed by atoms with E-state index in [0.717, 1.165) is 30.6 Å². The number of hydrogen-bond donors (Lipinski definition) is 1. The van der Waals surface area contributed by atoms with E-state index in [1.54, 1.807) is 13.2 Å². The number of hydrogen-bond acceptors (Lipinski definition) is 2. The Hall–Kier alpha value is -0.640. The van der Waals surface area contributed by atoms with Crippen molar-refractivity contribution in [3.8, 4) is 0 Å². The van der Waals surface area contributed by atoms with Gasteiger partial charge in [-0.05, 0) is 43.1 Å². The molecule has 0 fully saturated rings. The van der Waals surface area contributed by atoms with Crippen LogP contribution in [0.5, 0.6) is 0 Å². The van der Waals surface area contributed by atoms with E-state index in [9.17, 15) is 4.39 Å². The van der Waals surface area contributed by atoms with Crippen LogP contribution < -0.4 is 5.32 Å². The van der Waals surface area contributed by atoms with E-state index in [0.29, 0.717) is 6.61 Å².